The first kappa shape index (κ1) is 34.1. The molecule has 30 heavy (non-hydrogen) atoms. The van der Waals surface area contributed by atoms with Gasteiger partial charge in [0.2, 0.25) is 0 Å². The minimum Gasteiger partial charge on any atom is -0.756 e. The molecule has 0 aromatic rings. The fourth-order valence-electron chi connectivity index (χ4n) is 3.02. The van der Waals surface area contributed by atoms with E-state index in [9.17, 15) is 14.0 Å². The van der Waals surface area contributed by atoms with E-state index in [0.29, 0.717) is 6.42 Å². The van der Waals surface area contributed by atoms with E-state index < -0.39 is 15.6 Å². The van der Waals surface area contributed by atoms with E-state index in [1.165, 1.54) is 64.2 Å². The summed E-state index contributed by atoms with van der Waals surface area (Å²) >= 11 is 0. The van der Waals surface area contributed by atoms with E-state index in [1.807, 2.05) is 0 Å². The van der Waals surface area contributed by atoms with E-state index in [2.05, 4.69) is 11.2 Å². The van der Waals surface area contributed by atoms with Crippen LogP contribution < -0.4 is 56.3 Å². The Kier molecular flexibility index (Phi) is 25.8. The predicted molar refractivity (Wildman–Crippen MR) is 116 cm³/mol. The van der Waals surface area contributed by atoms with Gasteiger partial charge in [-0.2, -0.15) is 0 Å². The summed E-state index contributed by atoms with van der Waals surface area (Å²) in [4.78, 5) is 11.8. The zero-order valence-electron chi connectivity index (χ0n) is 19.8. The molecule has 0 rings (SSSR count). The minimum absolute atomic E-state index is 0. The van der Waals surface area contributed by atoms with Gasteiger partial charge in [0.05, 0.1) is 19.8 Å². The van der Waals surface area contributed by atoms with Gasteiger partial charge < -0.3 is 9.42 Å². The van der Waals surface area contributed by atoms with Crippen LogP contribution in [0, 0.1) is 0 Å². The Bertz CT molecular complexity index is 456. The van der Waals surface area contributed by atoms with E-state index in [1.54, 1.807) is 13.8 Å². The molecule has 0 heterocycles. The Labute approximate surface area is 227 Å². The Balaban J connectivity index is 0. The molecule has 0 aliphatic heterocycles. The Morgan fingerprint density at radius 3 is 1.33 bits per heavy atom. The van der Waals surface area contributed by atoms with Crippen molar-refractivity contribution in [2.75, 3.05) is 19.8 Å². The van der Waals surface area contributed by atoms with Crippen molar-refractivity contribution in [3.05, 3.63) is 0 Å². The molecule has 0 aliphatic carbocycles. The number of phosphoric ester groups is 2. The van der Waals surface area contributed by atoms with Crippen molar-refractivity contribution in [1.82, 2.24) is 0 Å². The summed E-state index contributed by atoms with van der Waals surface area (Å²) in [5, 5.41) is 0. The summed E-state index contributed by atoms with van der Waals surface area (Å²) in [6.45, 7) is 5.42. The van der Waals surface area contributed by atoms with Gasteiger partial charge in [-0.1, -0.05) is 90.4 Å². The van der Waals surface area contributed by atoms with Gasteiger partial charge in [0.15, 0.2) is 0 Å². The third-order valence-corrected chi connectivity index (χ3v) is 7.77. The Hall–Kier alpha value is 1.90. The van der Waals surface area contributed by atoms with E-state index in [0.717, 1.165) is 19.3 Å². The summed E-state index contributed by atoms with van der Waals surface area (Å²) in [6.07, 6.45) is 17.0. The maximum Gasteiger partial charge on any atom is 1.00 e. The summed E-state index contributed by atoms with van der Waals surface area (Å²) in [5.41, 5.74) is 0. The normalized spacial score (nSPS) is 13.7. The van der Waals surface area contributed by atoms with Gasteiger partial charge in [0.25, 0.3) is 7.82 Å². The molecule has 0 bridgehead atoms. The molecule has 0 radical (unpaired) electrons. The molecule has 1 atom stereocenters. The largest absolute Gasteiger partial charge is 1.00 e. The Morgan fingerprint density at radius 1 is 0.600 bits per heavy atom. The molecular formula is C20H43KO7P2. The third kappa shape index (κ3) is 21.7. The van der Waals surface area contributed by atoms with Crippen LogP contribution in [0.3, 0.4) is 0 Å². The summed E-state index contributed by atoms with van der Waals surface area (Å²) in [5.74, 6) is 0. The summed E-state index contributed by atoms with van der Waals surface area (Å²) < 4.78 is 42.7. The van der Waals surface area contributed by atoms with Gasteiger partial charge in [-0.15, -0.1) is 0 Å². The maximum absolute atomic E-state index is 12.1. The molecule has 176 valence electrons. The van der Waals surface area contributed by atoms with Crippen molar-refractivity contribution in [2.45, 2.75) is 111 Å². The molecular weight excluding hydrogens is 453 g/mol. The molecule has 0 fully saturated rings. The van der Waals surface area contributed by atoms with Crippen molar-refractivity contribution >= 4 is 15.6 Å². The van der Waals surface area contributed by atoms with Crippen molar-refractivity contribution in [3.8, 4) is 0 Å². The van der Waals surface area contributed by atoms with Crippen LogP contribution in [0.2, 0.25) is 0 Å². The molecule has 0 aromatic carbocycles. The summed E-state index contributed by atoms with van der Waals surface area (Å²) in [6, 6.07) is 0. The average molecular weight is 497 g/mol. The van der Waals surface area contributed by atoms with Crippen molar-refractivity contribution < 1.29 is 83.3 Å². The molecule has 0 spiro atoms. The molecule has 0 N–H and O–H groups in total. The molecule has 0 aliphatic rings. The smallest absolute Gasteiger partial charge is 0.756 e. The van der Waals surface area contributed by atoms with Crippen molar-refractivity contribution in [3.63, 3.8) is 0 Å². The molecule has 7 nitrogen and oxygen atoms in total. The first-order valence-corrected chi connectivity index (χ1v) is 14.4. The van der Waals surface area contributed by atoms with Crippen LogP contribution in [0.4, 0.5) is 0 Å². The average Bonchev–Trinajstić information content (AvgIpc) is 2.64. The monoisotopic (exact) mass is 496 g/mol. The van der Waals surface area contributed by atoms with Crippen LogP contribution in [0.5, 0.6) is 0 Å². The SMILES string of the molecule is CCCCCCCCCCCCCCCCOP(=O)([O-])OP(=O)(OCC)OCC.[K+]. The number of phosphoric acid groups is 2. The van der Waals surface area contributed by atoms with Crippen LogP contribution in [0.15, 0.2) is 0 Å². The van der Waals surface area contributed by atoms with Gasteiger partial charge in [0.1, 0.15) is 0 Å². The van der Waals surface area contributed by atoms with E-state index in [-0.39, 0.29) is 71.2 Å². The minimum atomic E-state index is -4.72. The number of hydrogen-bond acceptors (Lipinski definition) is 7. The zero-order valence-corrected chi connectivity index (χ0v) is 24.7. The molecule has 1 unspecified atom stereocenters. The first-order valence-electron chi connectivity index (χ1n) is 11.4. The standard InChI is InChI=1S/C20H44O7P2.K/c1-4-7-8-9-10-11-12-13-14-15-16-17-18-19-20-26-28(21,22)27-29(23,24-5-2)25-6-3;/h4-20H2,1-3H3,(H,21,22);/q;+1/p-1. The van der Waals surface area contributed by atoms with Crippen molar-refractivity contribution in [1.29, 1.82) is 0 Å². The second kappa shape index (κ2) is 22.7. The number of hydrogen-bond donors (Lipinski definition) is 0. The van der Waals surface area contributed by atoms with Gasteiger partial charge in [-0.25, -0.2) is 8.88 Å². The van der Waals surface area contributed by atoms with Crippen LogP contribution >= 0.6 is 15.6 Å². The van der Waals surface area contributed by atoms with Gasteiger partial charge in [-0.3, -0.25) is 13.6 Å². The fraction of sp³-hybridized carbons (Fsp3) is 1.00. The Morgan fingerprint density at radius 2 is 0.967 bits per heavy atom. The molecule has 10 heteroatoms. The van der Waals surface area contributed by atoms with Crippen LogP contribution in [0.25, 0.3) is 0 Å². The van der Waals surface area contributed by atoms with Crippen molar-refractivity contribution in [2.24, 2.45) is 0 Å². The van der Waals surface area contributed by atoms with Crippen LogP contribution in [-0.2, 0) is 27.0 Å². The predicted octanol–water partition coefficient (Wildman–Crippen LogP) is 4.15. The third-order valence-electron chi connectivity index (χ3n) is 4.52. The number of rotatable bonds is 22. The quantitative estimate of drug-likeness (QED) is 0.126. The fourth-order valence-corrected chi connectivity index (χ4v) is 5.62. The molecule has 0 amide bonds. The topological polar surface area (TPSA) is 94.1 Å². The number of unbranched alkanes of at least 4 members (excludes halogenated alkanes) is 13. The van der Waals surface area contributed by atoms with Crippen LogP contribution in [0.1, 0.15) is 111 Å². The van der Waals surface area contributed by atoms with Gasteiger partial charge in [-0.05, 0) is 20.3 Å². The molecule has 0 saturated carbocycles. The van der Waals surface area contributed by atoms with E-state index in [4.69, 9.17) is 13.6 Å². The first-order chi connectivity index (χ1) is 13.9. The second-order valence-electron chi connectivity index (χ2n) is 7.24. The second-order valence-corrected chi connectivity index (χ2v) is 10.5. The van der Waals surface area contributed by atoms with Crippen LogP contribution in [-0.4, -0.2) is 19.8 Å². The van der Waals surface area contributed by atoms with E-state index >= 15 is 0 Å². The zero-order chi connectivity index (χ0) is 21.8. The van der Waals surface area contributed by atoms with Gasteiger partial charge >= 0.3 is 59.2 Å². The molecule has 0 saturated heterocycles. The van der Waals surface area contributed by atoms with Gasteiger partial charge in [0, 0.05) is 0 Å². The molecule has 0 aromatic heterocycles. The summed E-state index contributed by atoms with van der Waals surface area (Å²) in [7, 11) is -8.85. The maximum atomic E-state index is 12.1.